The van der Waals surface area contributed by atoms with E-state index in [1.54, 1.807) is 17.8 Å². The lowest BCUT2D eigenvalue weighted by Crippen LogP contribution is -2.52. The summed E-state index contributed by atoms with van der Waals surface area (Å²) < 4.78 is 39.2. The smallest absolute Gasteiger partial charge is 0.243 e. The van der Waals surface area contributed by atoms with Crippen molar-refractivity contribution in [3.05, 3.63) is 54.1 Å². The van der Waals surface area contributed by atoms with Gasteiger partial charge in [-0.1, -0.05) is 51.1 Å². The number of fused-ring (bicyclic) bond motifs is 1. The van der Waals surface area contributed by atoms with Gasteiger partial charge in [-0.05, 0) is 36.3 Å². The Morgan fingerprint density at radius 1 is 1.08 bits per heavy atom. The van der Waals surface area contributed by atoms with E-state index in [4.69, 9.17) is 9.47 Å². The fraction of sp³-hybridized carbons (Fsp3) is 0.500. The van der Waals surface area contributed by atoms with Crippen LogP contribution in [0.15, 0.2) is 53.4 Å². The fourth-order valence-corrected chi connectivity index (χ4v) is 6.29. The standard InChI is InChI=1S/C26H36N2O6S2/c1-18(2)14-28(36(31,32)21-10-11-24-25(13-21)34-17-33-24)15-23(29)22(12-20-8-6-5-7-9-20)27-26(30)19(3)16-35-4/h5-11,13,18-19,22-23,29H,12,14-17H2,1-4H3,(H,27,30). The predicted octanol–water partition coefficient (Wildman–Crippen LogP) is 3.15. The molecule has 0 bridgehead atoms. The first-order valence-electron chi connectivity index (χ1n) is 12.0. The highest BCUT2D eigenvalue weighted by Crippen LogP contribution is 2.34. The molecule has 1 aliphatic heterocycles. The summed E-state index contributed by atoms with van der Waals surface area (Å²) in [5, 5.41) is 14.3. The molecule has 0 radical (unpaired) electrons. The second-order valence-electron chi connectivity index (χ2n) is 9.46. The van der Waals surface area contributed by atoms with Gasteiger partial charge in [0, 0.05) is 30.8 Å². The van der Waals surface area contributed by atoms with Crippen molar-refractivity contribution in [2.75, 3.05) is 31.9 Å². The highest BCUT2D eigenvalue weighted by molar-refractivity contribution is 7.98. The Labute approximate surface area is 218 Å². The molecule has 2 aromatic carbocycles. The van der Waals surface area contributed by atoms with Crippen LogP contribution in [0.3, 0.4) is 0 Å². The van der Waals surface area contributed by atoms with Crippen LogP contribution < -0.4 is 14.8 Å². The number of aliphatic hydroxyl groups excluding tert-OH is 1. The molecule has 2 aromatic rings. The molecule has 10 heteroatoms. The summed E-state index contributed by atoms with van der Waals surface area (Å²) in [5.41, 5.74) is 0.938. The maximum Gasteiger partial charge on any atom is 0.243 e. The Kier molecular flexibility index (Phi) is 10.1. The van der Waals surface area contributed by atoms with Crippen LogP contribution in [-0.4, -0.2) is 67.8 Å². The summed E-state index contributed by atoms with van der Waals surface area (Å²) in [4.78, 5) is 12.9. The quantitative estimate of drug-likeness (QED) is 0.405. The summed E-state index contributed by atoms with van der Waals surface area (Å²) in [5.74, 6) is 1.13. The molecule has 3 atom stereocenters. The molecular weight excluding hydrogens is 500 g/mol. The summed E-state index contributed by atoms with van der Waals surface area (Å²) in [6, 6.07) is 13.4. The van der Waals surface area contributed by atoms with E-state index in [2.05, 4.69) is 5.32 Å². The summed E-state index contributed by atoms with van der Waals surface area (Å²) in [6.45, 7) is 5.77. The number of hydrogen-bond acceptors (Lipinski definition) is 7. The SMILES string of the molecule is CSCC(C)C(=O)NC(Cc1ccccc1)C(O)CN(CC(C)C)S(=O)(=O)c1ccc2c(c1)OCO2. The number of amides is 1. The number of thioether (sulfide) groups is 1. The molecule has 1 amide bonds. The molecule has 0 spiro atoms. The molecule has 8 nitrogen and oxygen atoms in total. The van der Waals surface area contributed by atoms with Crippen LogP contribution in [0.25, 0.3) is 0 Å². The number of sulfonamides is 1. The van der Waals surface area contributed by atoms with Gasteiger partial charge in [-0.3, -0.25) is 4.79 Å². The van der Waals surface area contributed by atoms with Gasteiger partial charge in [0.2, 0.25) is 22.7 Å². The molecule has 1 heterocycles. The Bertz CT molecular complexity index is 1110. The molecule has 0 saturated carbocycles. The van der Waals surface area contributed by atoms with Gasteiger partial charge in [0.15, 0.2) is 11.5 Å². The molecule has 2 N–H and O–H groups in total. The van der Waals surface area contributed by atoms with Crippen molar-refractivity contribution < 1.29 is 27.8 Å². The number of nitrogens with one attached hydrogen (secondary N) is 1. The van der Waals surface area contributed by atoms with Crippen LogP contribution in [0, 0.1) is 11.8 Å². The summed E-state index contributed by atoms with van der Waals surface area (Å²) in [6.07, 6.45) is 1.18. The predicted molar refractivity (Wildman–Crippen MR) is 142 cm³/mol. The van der Waals surface area contributed by atoms with Crippen LogP contribution in [0.2, 0.25) is 0 Å². The average Bonchev–Trinajstić information content (AvgIpc) is 3.31. The largest absolute Gasteiger partial charge is 0.454 e. The van der Waals surface area contributed by atoms with Crippen LogP contribution in [0.5, 0.6) is 11.5 Å². The van der Waals surface area contributed by atoms with Crippen LogP contribution in [0.1, 0.15) is 26.3 Å². The number of carbonyl (C=O) groups excluding carboxylic acids is 1. The van der Waals surface area contributed by atoms with E-state index in [1.165, 1.54) is 16.4 Å². The zero-order valence-corrected chi connectivity index (χ0v) is 22.8. The topological polar surface area (TPSA) is 105 Å². The molecule has 36 heavy (non-hydrogen) atoms. The Morgan fingerprint density at radius 3 is 2.44 bits per heavy atom. The van der Waals surface area contributed by atoms with E-state index >= 15 is 0 Å². The Hall–Kier alpha value is -2.27. The molecule has 3 unspecified atom stereocenters. The molecule has 0 aromatic heterocycles. The zero-order valence-electron chi connectivity index (χ0n) is 21.2. The number of aliphatic hydroxyl groups is 1. The van der Waals surface area contributed by atoms with E-state index in [-0.39, 0.29) is 42.5 Å². The van der Waals surface area contributed by atoms with Gasteiger partial charge < -0.3 is 19.9 Å². The minimum absolute atomic E-state index is 0.0183. The molecule has 3 rings (SSSR count). The molecule has 198 valence electrons. The normalized spacial score (nSPS) is 15.6. The van der Waals surface area contributed by atoms with Crippen LogP contribution in [-0.2, 0) is 21.2 Å². The maximum atomic E-state index is 13.6. The molecule has 0 saturated heterocycles. The average molecular weight is 537 g/mol. The van der Waals surface area contributed by atoms with Crippen molar-refractivity contribution in [1.82, 2.24) is 9.62 Å². The van der Waals surface area contributed by atoms with Gasteiger partial charge in [0.05, 0.1) is 17.0 Å². The number of hydrogen-bond donors (Lipinski definition) is 2. The zero-order chi connectivity index (χ0) is 26.3. The van der Waals surface area contributed by atoms with Crippen molar-refractivity contribution in [2.45, 2.75) is 44.2 Å². The minimum atomic E-state index is -3.95. The first kappa shape index (κ1) is 28.3. The van der Waals surface area contributed by atoms with E-state index in [9.17, 15) is 18.3 Å². The van der Waals surface area contributed by atoms with Crippen LogP contribution >= 0.6 is 11.8 Å². The first-order chi connectivity index (χ1) is 17.1. The van der Waals surface area contributed by atoms with Gasteiger partial charge >= 0.3 is 0 Å². The Balaban J connectivity index is 1.85. The lowest BCUT2D eigenvalue weighted by Gasteiger charge is -2.31. The van der Waals surface area contributed by atoms with Crippen LogP contribution in [0.4, 0.5) is 0 Å². The van der Waals surface area contributed by atoms with Crippen molar-refractivity contribution >= 4 is 27.7 Å². The first-order valence-corrected chi connectivity index (χ1v) is 14.9. The third kappa shape index (κ3) is 7.38. The summed E-state index contributed by atoms with van der Waals surface area (Å²) in [7, 11) is -3.95. The Morgan fingerprint density at radius 2 is 1.78 bits per heavy atom. The third-order valence-electron chi connectivity index (χ3n) is 5.90. The van der Waals surface area contributed by atoms with Crippen molar-refractivity contribution in [3.8, 4) is 11.5 Å². The number of nitrogens with zero attached hydrogens (tertiary/aromatic N) is 1. The van der Waals surface area contributed by atoms with Crippen molar-refractivity contribution in [2.24, 2.45) is 11.8 Å². The van der Waals surface area contributed by atoms with E-state index in [0.29, 0.717) is 23.7 Å². The summed E-state index contributed by atoms with van der Waals surface area (Å²) >= 11 is 1.57. The molecular formula is C26H36N2O6S2. The second-order valence-corrected chi connectivity index (χ2v) is 12.3. The number of rotatable bonds is 13. The van der Waals surface area contributed by atoms with E-state index in [1.807, 2.05) is 57.4 Å². The maximum absolute atomic E-state index is 13.6. The van der Waals surface area contributed by atoms with E-state index < -0.39 is 22.2 Å². The van der Waals surface area contributed by atoms with E-state index in [0.717, 1.165) is 5.56 Å². The molecule has 0 fully saturated rings. The molecule has 0 aliphatic carbocycles. The van der Waals surface area contributed by atoms with Gasteiger partial charge in [-0.15, -0.1) is 0 Å². The minimum Gasteiger partial charge on any atom is -0.454 e. The van der Waals surface area contributed by atoms with Gasteiger partial charge in [0.1, 0.15) is 0 Å². The van der Waals surface area contributed by atoms with Gasteiger partial charge in [-0.2, -0.15) is 16.1 Å². The number of benzene rings is 2. The molecule has 1 aliphatic rings. The fourth-order valence-electron chi connectivity index (χ4n) is 4.00. The number of ether oxygens (including phenoxy) is 2. The highest BCUT2D eigenvalue weighted by atomic mass is 32.2. The highest BCUT2D eigenvalue weighted by Gasteiger charge is 2.32. The lowest BCUT2D eigenvalue weighted by molar-refractivity contribution is -0.125. The second kappa shape index (κ2) is 12.8. The van der Waals surface area contributed by atoms with Gasteiger partial charge in [0.25, 0.3) is 0 Å². The lowest BCUT2D eigenvalue weighted by atomic mass is 10.00. The third-order valence-corrected chi connectivity index (χ3v) is 8.56. The number of carbonyl (C=O) groups is 1. The van der Waals surface area contributed by atoms with Crippen molar-refractivity contribution in [3.63, 3.8) is 0 Å². The monoisotopic (exact) mass is 536 g/mol. The van der Waals surface area contributed by atoms with Crippen molar-refractivity contribution in [1.29, 1.82) is 0 Å². The van der Waals surface area contributed by atoms with Gasteiger partial charge in [-0.25, -0.2) is 8.42 Å².